The second kappa shape index (κ2) is 5.21. The average Bonchev–Trinajstić information content (AvgIpc) is 2.19. The van der Waals surface area contributed by atoms with Crippen molar-refractivity contribution in [3.63, 3.8) is 0 Å². The fourth-order valence-corrected chi connectivity index (χ4v) is 3.36. The van der Waals surface area contributed by atoms with Gasteiger partial charge in [0.1, 0.15) is 5.54 Å². The predicted molar refractivity (Wildman–Crippen MR) is 64.4 cm³/mol. The molecule has 4 heteroatoms. The minimum absolute atomic E-state index is 0.430. The highest BCUT2D eigenvalue weighted by Crippen LogP contribution is 2.27. The fourth-order valence-electron chi connectivity index (χ4n) is 2.20. The van der Waals surface area contributed by atoms with Crippen molar-refractivity contribution in [2.45, 2.75) is 45.2 Å². The van der Waals surface area contributed by atoms with E-state index in [2.05, 4.69) is 4.90 Å². The molecule has 1 heterocycles. The summed E-state index contributed by atoms with van der Waals surface area (Å²) in [6.45, 7) is 6.46. The average molecular weight is 231 g/mol. The van der Waals surface area contributed by atoms with Gasteiger partial charge in [-0.15, -0.1) is 0 Å². The molecule has 1 N–H and O–H groups in total. The minimum atomic E-state index is -0.739. The number of likely N-dealkylation sites (N-methyl/N-ethyl adjacent to an activating group) is 1. The molecule has 0 aromatic carbocycles. The Bertz CT molecular complexity index is 225. The predicted octanol–water partition coefficient (Wildman–Crippen LogP) is 2.07. The molecular formula is C11H21NO2S. The summed E-state index contributed by atoms with van der Waals surface area (Å²) < 4.78 is 0. The van der Waals surface area contributed by atoms with Crippen molar-refractivity contribution in [3.8, 4) is 0 Å². The van der Waals surface area contributed by atoms with Gasteiger partial charge < -0.3 is 5.11 Å². The van der Waals surface area contributed by atoms with Crippen LogP contribution in [-0.4, -0.2) is 45.6 Å². The van der Waals surface area contributed by atoms with Crippen molar-refractivity contribution in [2.24, 2.45) is 0 Å². The monoisotopic (exact) mass is 231 g/mol. The lowest BCUT2D eigenvalue weighted by Crippen LogP contribution is -2.55. The molecule has 1 unspecified atom stereocenters. The SMILES string of the molecule is CCN(C1CCCSC1)C(C)(C)C(=O)O. The van der Waals surface area contributed by atoms with E-state index in [1.54, 1.807) is 13.8 Å². The van der Waals surface area contributed by atoms with Gasteiger partial charge in [0, 0.05) is 11.8 Å². The van der Waals surface area contributed by atoms with E-state index in [-0.39, 0.29) is 0 Å². The maximum Gasteiger partial charge on any atom is 0.323 e. The van der Waals surface area contributed by atoms with Crippen LogP contribution in [0.2, 0.25) is 0 Å². The number of rotatable bonds is 4. The van der Waals surface area contributed by atoms with Crippen LogP contribution in [0.1, 0.15) is 33.6 Å². The van der Waals surface area contributed by atoms with Crippen LogP contribution in [0, 0.1) is 0 Å². The number of aliphatic carboxylic acids is 1. The Labute approximate surface area is 96.2 Å². The largest absolute Gasteiger partial charge is 0.480 e. The van der Waals surface area contributed by atoms with Gasteiger partial charge in [0.2, 0.25) is 0 Å². The van der Waals surface area contributed by atoms with Gasteiger partial charge in [-0.05, 0) is 39.0 Å². The molecule has 1 atom stereocenters. The van der Waals surface area contributed by atoms with Gasteiger partial charge >= 0.3 is 5.97 Å². The summed E-state index contributed by atoms with van der Waals surface area (Å²) in [5.41, 5.74) is -0.739. The lowest BCUT2D eigenvalue weighted by atomic mass is 9.99. The molecule has 3 nitrogen and oxygen atoms in total. The Morgan fingerprint density at radius 2 is 2.27 bits per heavy atom. The second-order valence-electron chi connectivity index (χ2n) is 4.52. The van der Waals surface area contributed by atoms with Gasteiger partial charge in [0.15, 0.2) is 0 Å². The number of carboxylic acids is 1. The lowest BCUT2D eigenvalue weighted by Gasteiger charge is -2.41. The number of hydrogen-bond acceptors (Lipinski definition) is 3. The van der Waals surface area contributed by atoms with Crippen LogP contribution in [0.15, 0.2) is 0 Å². The molecule has 1 rings (SSSR count). The van der Waals surface area contributed by atoms with E-state index in [9.17, 15) is 9.90 Å². The molecule has 1 saturated heterocycles. The molecule has 1 aliphatic heterocycles. The van der Waals surface area contributed by atoms with Gasteiger partial charge in [0.05, 0.1) is 0 Å². The first kappa shape index (κ1) is 12.8. The van der Waals surface area contributed by atoms with Crippen molar-refractivity contribution in [2.75, 3.05) is 18.1 Å². The molecular weight excluding hydrogens is 210 g/mol. The Kier molecular flexibility index (Phi) is 4.46. The Morgan fingerprint density at radius 3 is 2.67 bits per heavy atom. The van der Waals surface area contributed by atoms with Crippen LogP contribution in [-0.2, 0) is 4.79 Å². The van der Waals surface area contributed by atoms with Gasteiger partial charge in [-0.3, -0.25) is 9.69 Å². The molecule has 0 amide bonds. The fraction of sp³-hybridized carbons (Fsp3) is 0.909. The van der Waals surface area contributed by atoms with Crippen LogP contribution in [0.4, 0.5) is 0 Å². The zero-order valence-corrected chi connectivity index (χ0v) is 10.6. The van der Waals surface area contributed by atoms with Gasteiger partial charge in [-0.1, -0.05) is 6.92 Å². The van der Waals surface area contributed by atoms with Crippen LogP contribution in [0.5, 0.6) is 0 Å². The molecule has 1 fully saturated rings. The summed E-state index contributed by atoms with van der Waals surface area (Å²) in [5, 5.41) is 9.22. The molecule has 15 heavy (non-hydrogen) atoms. The third kappa shape index (κ3) is 2.88. The highest BCUT2D eigenvalue weighted by Gasteiger charge is 2.38. The quantitative estimate of drug-likeness (QED) is 0.804. The van der Waals surface area contributed by atoms with Crippen molar-refractivity contribution in [1.29, 1.82) is 0 Å². The standard InChI is InChI=1S/C11H21NO2S/c1-4-12(11(2,3)10(13)14)9-6-5-7-15-8-9/h9H,4-8H2,1-3H3,(H,13,14). The molecule has 0 aromatic rings. The zero-order chi connectivity index (χ0) is 11.5. The first-order chi connectivity index (χ1) is 7.00. The van der Waals surface area contributed by atoms with Gasteiger partial charge in [0.25, 0.3) is 0 Å². The molecule has 88 valence electrons. The van der Waals surface area contributed by atoms with Crippen LogP contribution >= 0.6 is 11.8 Å². The summed E-state index contributed by atoms with van der Waals surface area (Å²) in [7, 11) is 0. The minimum Gasteiger partial charge on any atom is -0.480 e. The summed E-state index contributed by atoms with van der Waals surface area (Å²) in [5.74, 6) is 1.58. The van der Waals surface area contributed by atoms with Crippen molar-refractivity contribution < 1.29 is 9.90 Å². The molecule has 0 aliphatic carbocycles. The molecule has 1 aliphatic rings. The number of carbonyl (C=O) groups is 1. The van der Waals surface area contributed by atoms with E-state index in [1.165, 1.54) is 12.2 Å². The molecule has 0 radical (unpaired) electrons. The van der Waals surface area contributed by atoms with Crippen LogP contribution in [0.25, 0.3) is 0 Å². The third-order valence-corrected chi connectivity index (χ3v) is 4.36. The van der Waals surface area contributed by atoms with E-state index < -0.39 is 11.5 Å². The van der Waals surface area contributed by atoms with Crippen LogP contribution in [0.3, 0.4) is 0 Å². The molecule has 0 saturated carbocycles. The number of thioether (sulfide) groups is 1. The third-order valence-electron chi connectivity index (χ3n) is 3.16. The second-order valence-corrected chi connectivity index (χ2v) is 5.67. The maximum atomic E-state index is 11.2. The van der Waals surface area contributed by atoms with E-state index in [1.807, 2.05) is 18.7 Å². The molecule has 0 bridgehead atoms. The summed E-state index contributed by atoms with van der Waals surface area (Å²) >= 11 is 1.94. The number of carboxylic acid groups (broad SMARTS) is 1. The first-order valence-corrected chi connectivity index (χ1v) is 6.73. The zero-order valence-electron chi connectivity index (χ0n) is 9.82. The van der Waals surface area contributed by atoms with Crippen LogP contribution < -0.4 is 0 Å². The summed E-state index contributed by atoms with van der Waals surface area (Å²) in [4.78, 5) is 13.3. The molecule has 0 spiro atoms. The Hall–Kier alpha value is -0.220. The van der Waals surface area contributed by atoms with E-state index in [0.29, 0.717) is 6.04 Å². The summed E-state index contributed by atoms with van der Waals surface area (Å²) in [6, 6.07) is 0.430. The number of nitrogens with zero attached hydrogens (tertiary/aromatic N) is 1. The smallest absolute Gasteiger partial charge is 0.323 e. The maximum absolute atomic E-state index is 11.2. The van der Waals surface area contributed by atoms with E-state index in [0.717, 1.165) is 18.7 Å². The molecule has 0 aromatic heterocycles. The first-order valence-electron chi connectivity index (χ1n) is 5.58. The van der Waals surface area contributed by atoms with Crippen molar-refractivity contribution >= 4 is 17.7 Å². The lowest BCUT2D eigenvalue weighted by molar-refractivity contribution is -0.150. The normalized spacial score (nSPS) is 23.1. The van der Waals surface area contributed by atoms with E-state index in [4.69, 9.17) is 0 Å². The van der Waals surface area contributed by atoms with Gasteiger partial charge in [-0.2, -0.15) is 11.8 Å². The Balaban J connectivity index is 2.72. The summed E-state index contributed by atoms with van der Waals surface area (Å²) in [6.07, 6.45) is 2.35. The highest BCUT2D eigenvalue weighted by atomic mass is 32.2. The topological polar surface area (TPSA) is 40.5 Å². The Morgan fingerprint density at radius 1 is 1.60 bits per heavy atom. The van der Waals surface area contributed by atoms with Crippen molar-refractivity contribution in [1.82, 2.24) is 4.90 Å². The van der Waals surface area contributed by atoms with Crippen molar-refractivity contribution in [3.05, 3.63) is 0 Å². The number of hydrogen-bond donors (Lipinski definition) is 1. The highest BCUT2D eigenvalue weighted by molar-refractivity contribution is 7.99. The van der Waals surface area contributed by atoms with Gasteiger partial charge in [-0.25, -0.2) is 0 Å². The van der Waals surface area contributed by atoms with E-state index >= 15 is 0 Å².